The zero-order valence-electron chi connectivity index (χ0n) is 12.9. The van der Waals surface area contributed by atoms with Crippen molar-refractivity contribution in [1.29, 1.82) is 0 Å². The van der Waals surface area contributed by atoms with E-state index in [0.717, 1.165) is 0 Å². The Morgan fingerprint density at radius 2 is 1.76 bits per heavy atom. The van der Waals surface area contributed by atoms with E-state index >= 15 is 0 Å². The van der Waals surface area contributed by atoms with Crippen molar-refractivity contribution in [3.8, 4) is 0 Å². The number of fused-ring (bicyclic) bond motifs is 1. The molecule has 25 heavy (non-hydrogen) atoms. The Morgan fingerprint density at radius 1 is 1.16 bits per heavy atom. The molecule has 8 heteroatoms. The van der Waals surface area contributed by atoms with Crippen LogP contribution >= 0.6 is 15.9 Å². The molecule has 1 saturated heterocycles. The number of nitrogens with zero attached hydrogens (tertiary/aromatic N) is 1. The molecular formula is C17H13BrF3NO3. The van der Waals surface area contributed by atoms with Crippen molar-refractivity contribution in [2.75, 3.05) is 11.9 Å². The molecule has 1 aliphatic carbocycles. The van der Waals surface area contributed by atoms with Gasteiger partial charge < -0.3 is 4.90 Å². The van der Waals surface area contributed by atoms with Gasteiger partial charge in [0.1, 0.15) is 0 Å². The summed E-state index contributed by atoms with van der Waals surface area (Å²) in [5.74, 6) is -2.86. The predicted octanol–water partition coefficient (Wildman–Crippen LogP) is 3.31. The Labute approximate surface area is 149 Å². The standard InChI is InChI=1S/C17H13BrF3NO3/c18-8-11-13(12-6-3-7-22(12)16(25)17(19,20)21)15(24)10-5-2-1-4-9(10)14(11)23/h1-2,4-5,12H,3,6-8H2. The minimum absolute atomic E-state index is 0.00400. The molecule has 0 bridgehead atoms. The van der Waals surface area contributed by atoms with Crippen molar-refractivity contribution in [3.05, 3.63) is 46.5 Å². The quantitative estimate of drug-likeness (QED) is 0.696. The van der Waals surface area contributed by atoms with Crippen LogP contribution in [-0.2, 0) is 4.79 Å². The monoisotopic (exact) mass is 415 g/mol. The van der Waals surface area contributed by atoms with Gasteiger partial charge in [-0.25, -0.2) is 0 Å². The number of halogens is 4. The van der Waals surface area contributed by atoms with E-state index in [2.05, 4.69) is 15.9 Å². The third-order valence-electron chi connectivity index (χ3n) is 4.48. The van der Waals surface area contributed by atoms with E-state index in [4.69, 9.17) is 0 Å². The number of allylic oxidation sites excluding steroid dienone is 1. The van der Waals surface area contributed by atoms with Crippen LogP contribution in [0.15, 0.2) is 35.4 Å². The molecule has 0 spiro atoms. The van der Waals surface area contributed by atoms with Gasteiger partial charge in [-0.05, 0) is 12.8 Å². The van der Waals surface area contributed by atoms with Gasteiger partial charge in [-0.1, -0.05) is 40.2 Å². The summed E-state index contributed by atoms with van der Waals surface area (Å²) >= 11 is 3.16. The van der Waals surface area contributed by atoms with Crippen molar-refractivity contribution in [3.63, 3.8) is 0 Å². The lowest BCUT2D eigenvalue weighted by molar-refractivity contribution is -0.185. The summed E-state index contributed by atoms with van der Waals surface area (Å²) in [6.45, 7) is -0.0921. The maximum atomic E-state index is 12.9. The SMILES string of the molecule is O=C1C(CBr)=C(C2CCCN2C(=O)C(F)(F)F)C(=O)c2ccccc21. The van der Waals surface area contributed by atoms with Crippen LogP contribution in [0.25, 0.3) is 0 Å². The number of rotatable bonds is 2. The highest BCUT2D eigenvalue weighted by Gasteiger charge is 2.49. The van der Waals surface area contributed by atoms with Crippen molar-refractivity contribution in [2.24, 2.45) is 0 Å². The summed E-state index contributed by atoms with van der Waals surface area (Å²) in [5.41, 5.74) is 0.516. The van der Waals surface area contributed by atoms with Crippen LogP contribution in [-0.4, -0.2) is 46.5 Å². The van der Waals surface area contributed by atoms with Crippen LogP contribution < -0.4 is 0 Å². The molecule has 3 rings (SSSR count). The second kappa shape index (κ2) is 6.40. The number of hydrogen-bond donors (Lipinski definition) is 0. The molecule has 0 N–H and O–H groups in total. The first-order chi connectivity index (χ1) is 11.8. The topological polar surface area (TPSA) is 54.5 Å². The largest absolute Gasteiger partial charge is 0.471 e. The first-order valence-corrected chi connectivity index (χ1v) is 8.74. The summed E-state index contributed by atoms with van der Waals surface area (Å²) in [5, 5.41) is 0.0335. The lowest BCUT2D eigenvalue weighted by atomic mass is 9.81. The van der Waals surface area contributed by atoms with Gasteiger partial charge in [0.2, 0.25) is 0 Å². The van der Waals surface area contributed by atoms with Crippen molar-refractivity contribution in [2.45, 2.75) is 25.1 Å². The van der Waals surface area contributed by atoms with Crippen LogP contribution in [0.5, 0.6) is 0 Å². The summed E-state index contributed by atoms with van der Waals surface area (Å²) in [6, 6.07) is 5.17. The summed E-state index contributed by atoms with van der Waals surface area (Å²) < 4.78 is 38.6. The smallest absolute Gasteiger partial charge is 0.328 e. The molecular weight excluding hydrogens is 403 g/mol. The fourth-order valence-corrected chi connectivity index (χ4v) is 3.96. The number of benzene rings is 1. The van der Waals surface area contributed by atoms with E-state index in [0.29, 0.717) is 11.3 Å². The minimum Gasteiger partial charge on any atom is -0.328 e. The Hall–Kier alpha value is -1.96. The van der Waals surface area contributed by atoms with Gasteiger partial charge >= 0.3 is 12.1 Å². The average molecular weight is 416 g/mol. The van der Waals surface area contributed by atoms with E-state index in [-0.39, 0.29) is 40.6 Å². The Bertz CT molecular complexity index is 801. The fraction of sp³-hybridized carbons (Fsp3) is 0.353. The van der Waals surface area contributed by atoms with Crippen molar-refractivity contribution >= 4 is 33.4 Å². The second-order valence-corrected chi connectivity index (χ2v) is 6.44. The van der Waals surface area contributed by atoms with Gasteiger partial charge in [-0.2, -0.15) is 13.2 Å². The number of likely N-dealkylation sites (tertiary alicyclic amines) is 1. The molecule has 1 atom stereocenters. The van der Waals surface area contributed by atoms with E-state index < -0.39 is 29.7 Å². The van der Waals surface area contributed by atoms with Crippen molar-refractivity contribution < 1.29 is 27.6 Å². The highest BCUT2D eigenvalue weighted by Crippen LogP contribution is 2.36. The maximum absolute atomic E-state index is 12.9. The fourth-order valence-electron chi connectivity index (χ4n) is 3.40. The molecule has 1 fully saturated rings. The molecule has 0 saturated carbocycles. The lowest BCUT2D eigenvalue weighted by Crippen LogP contribution is -2.46. The molecule has 1 unspecified atom stereocenters. The summed E-state index contributed by atoms with van der Waals surface area (Å²) in [6.07, 6.45) is -4.46. The van der Waals surface area contributed by atoms with E-state index in [1.54, 1.807) is 12.1 Å². The van der Waals surface area contributed by atoms with Gasteiger partial charge in [0.15, 0.2) is 11.6 Å². The third-order valence-corrected chi connectivity index (χ3v) is 5.04. The van der Waals surface area contributed by atoms with Gasteiger partial charge in [0, 0.05) is 34.1 Å². The minimum atomic E-state index is -5.02. The molecule has 4 nitrogen and oxygen atoms in total. The first kappa shape index (κ1) is 17.8. The summed E-state index contributed by atoms with van der Waals surface area (Å²) in [4.78, 5) is 37.9. The van der Waals surface area contributed by atoms with Crippen LogP contribution in [0.3, 0.4) is 0 Å². The highest BCUT2D eigenvalue weighted by atomic mass is 79.9. The van der Waals surface area contributed by atoms with E-state index in [9.17, 15) is 27.6 Å². The number of alkyl halides is 4. The van der Waals surface area contributed by atoms with E-state index in [1.807, 2.05) is 0 Å². The molecule has 2 aliphatic rings. The molecule has 1 amide bonds. The predicted molar refractivity (Wildman–Crippen MR) is 86.7 cm³/mol. The molecule has 0 aromatic heterocycles. The lowest BCUT2D eigenvalue weighted by Gasteiger charge is -2.30. The molecule has 1 aromatic carbocycles. The molecule has 0 radical (unpaired) electrons. The molecule has 1 aromatic rings. The van der Waals surface area contributed by atoms with Crippen molar-refractivity contribution in [1.82, 2.24) is 4.90 Å². The first-order valence-electron chi connectivity index (χ1n) is 7.62. The van der Waals surface area contributed by atoms with Crippen LogP contribution in [0.2, 0.25) is 0 Å². The second-order valence-electron chi connectivity index (χ2n) is 5.88. The molecule has 1 heterocycles. The number of amides is 1. The zero-order valence-corrected chi connectivity index (χ0v) is 14.5. The summed E-state index contributed by atoms with van der Waals surface area (Å²) in [7, 11) is 0. The maximum Gasteiger partial charge on any atom is 0.471 e. The van der Waals surface area contributed by atoms with Crippen LogP contribution in [0, 0.1) is 0 Å². The number of ketones is 2. The third kappa shape index (κ3) is 2.92. The molecule has 1 aliphatic heterocycles. The van der Waals surface area contributed by atoms with Gasteiger partial charge in [-0.15, -0.1) is 0 Å². The zero-order chi connectivity index (χ0) is 18.4. The Balaban J connectivity index is 2.09. The number of carbonyl (C=O) groups excluding carboxylic acids is 3. The highest BCUT2D eigenvalue weighted by molar-refractivity contribution is 9.09. The average Bonchev–Trinajstić information content (AvgIpc) is 3.05. The van der Waals surface area contributed by atoms with Gasteiger partial charge in [-0.3, -0.25) is 14.4 Å². The van der Waals surface area contributed by atoms with Gasteiger partial charge in [0.25, 0.3) is 0 Å². The number of Topliss-reactive ketones (excluding diaryl/α,β-unsaturated/α-hetero) is 2. The number of carbonyl (C=O) groups is 3. The normalized spacial score (nSPS) is 21.0. The Morgan fingerprint density at radius 3 is 2.32 bits per heavy atom. The molecule has 132 valence electrons. The van der Waals surface area contributed by atoms with Gasteiger partial charge in [0.05, 0.1) is 6.04 Å². The Kier molecular flexibility index (Phi) is 4.57. The number of hydrogen-bond acceptors (Lipinski definition) is 3. The van der Waals surface area contributed by atoms with Crippen LogP contribution in [0.4, 0.5) is 13.2 Å². The van der Waals surface area contributed by atoms with E-state index in [1.165, 1.54) is 12.1 Å². The van der Waals surface area contributed by atoms with Crippen LogP contribution in [0.1, 0.15) is 33.6 Å².